The van der Waals surface area contributed by atoms with Gasteiger partial charge in [0, 0.05) is 6.54 Å². The quantitative estimate of drug-likeness (QED) is 0.549. The Morgan fingerprint density at radius 1 is 1.22 bits per heavy atom. The molecule has 0 aliphatic carbocycles. The van der Waals surface area contributed by atoms with Gasteiger partial charge in [0.2, 0.25) is 10.0 Å². The molecule has 0 unspecified atom stereocenters. The molecular weight excluding hydrogens is 256 g/mol. The molecule has 0 saturated carbocycles. The van der Waals surface area contributed by atoms with Crippen LogP contribution in [0.15, 0.2) is 29.2 Å². The fraction of sp³-hybridized carbons (Fsp3) is 0.455. The number of hydrogen-bond acceptors (Lipinski definition) is 5. The minimum atomic E-state index is -3.58. The summed E-state index contributed by atoms with van der Waals surface area (Å²) in [7, 11) is -3.58. The zero-order chi connectivity index (χ0) is 13.6. The average molecular weight is 274 g/mol. The zero-order valence-electron chi connectivity index (χ0n) is 10.1. The number of benzene rings is 1. The molecule has 1 rings (SSSR count). The lowest BCUT2D eigenvalue weighted by Gasteiger charge is -2.17. The fourth-order valence-electron chi connectivity index (χ4n) is 1.46. The van der Waals surface area contributed by atoms with Crippen LogP contribution in [0.1, 0.15) is 6.92 Å². The second kappa shape index (κ2) is 6.69. The molecule has 0 saturated heterocycles. The Hall–Kier alpha value is -1.15. The Kier molecular flexibility index (Phi) is 5.54. The van der Waals surface area contributed by atoms with Gasteiger partial charge in [0.1, 0.15) is 4.90 Å². The van der Waals surface area contributed by atoms with Gasteiger partial charge >= 0.3 is 0 Å². The third-order valence-corrected chi connectivity index (χ3v) is 3.92. The summed E-state index contributed by atoms with van der Waals surface area (Å²) in [6, 6.07) is 5.75. The van der Waals surface area contributed by atoms with Gasteiger partial charge in [-0.05, 0) is 12.1 Å². The Balaban J connectivity index is 3.07. The van der Waals surface area contributed by atoms with Crippen LogP contribution in [0.2, 0.25) is 0 Å². The Labute approximate surface area is 107 Å². The molecular formula is C11H18N2O4S. The Bertz CT molecular complexity index is 472. The van der Waals surface area contributed by atoms with Crippen LogP contribution in [-0.2, 0) is 10.0 Å². The molecule has 0 bridgehead atoms. The Morgan fingerprint density at radius 2 is 1.83 bits per heavy atom. The highest BCUT2D eigenvalue weighted by Gasteiger charge is 2.18. The molecule has 0 heterocycles. The summed E-state index contributed by atoms with van der Waals surface area (Å²) in [5.41, 5.74) is 0.353. The summed E-state index contributed by atoms with van der Waals surface area (Å²) in [4.78, 5) is 0.0961. The number of hydrogen-bond donors (Lipinski definition) is 4. The summed E-state index contributed by atoms with van der Waals surface area (Å²) < 4.78 is 26.3. The Morgan fingerprint density at radius 3 is 2.39 bits per heavy atom. The van der Waals surface area contributed by atoms with Crippen LogP contribution in [0.3, 0.4) is 0 Å². The third-order valence-electron chi connectivity index (χ3n) is 2.31. The molecule has 4 N–H and O–H groups in total. The first-order valence-electron chi connectivity index (χ1n) is 5.62. The van der Waals surface area contributed by atoms with Crippen molar-refractivity contribution in [3.63, 3.8) is 0 Å². The van der Waals surface area contributed by atoms with Gasteiger partial charge in [-0.25, -0.2) is 13.1 Å². The van der Waals surface area contributed by atoms with Gasteiger partial charge < -0.3 is 15.5 Å². The standard InChI is InChI=1S/C11H18N2O4S/c1-2-12-18(16,17)11-6-4-3-5-10(11)13-9(7-14)8-15/h3-6,9,12-15H,2,7-8H2,1H3. The number of aliphatic hydroxyl groups is 2. The van der Waals surface area contributed by atoms with Gasteiger partial charge in [-0.3, -0.25) is 0 Å². The maximum atomic E-state index is 11.9. The minimum absolute atomic E-state index is 0.0961. The van der Waals surface area contributed by atoms with Crippen molar-refractivity contribution in [1.82, 2.24) is 4.72 Å². The van der Waals surface area contributed by atoms with Crippen molar-refractivity contribution in [2.24, 2.45) is 0 Å². The van der Waals surface area contributed by atoms with Crippen LogP contribution in [-0.4, -0.2) is 44.4 Å². The molecule has 0 fully saturated rings. The van der Waals surface area contributed by atoms with Crippen molar-refractivity contribution < 1.29 is 18.6 Å². The molecule has 0 aromatic heterocycles. The predicted octanol–water partition coefficient (Wildman–Crippen LogP) is -0.250. The van der Waals surface area contributed by atoms with Gasteiger partial charge in [0.25, 0.3) is 0 Å². The number of sulfonamides is 1. The molecule has 102 valence electrons. The highest BCUT2D eigenvalue weighted by atomic mass is 32.2. The average Bonchev–Trinajstić information content (AvgIpc) is 2.36. The van der Waals surface area contributed by atoms with Crippen molar-refractivity contribution in [3.8, 4) is 0 Å². The highest BCUT2D eigenvalue weighted by molar-refractivity contribution is 7.89. The lowest BCUT2D eigenvalue weighted by atomic mass is 10.2. The predicted molar refractivity (Wildman–Crippen MR) is 68.9 cm³/mol. The van der Waals surface area contributed by atoms with Gasteiger partial charge in [0.05, 0.1) is 24.9 Å². The van der Waals surface area contributed by atoms with Crippen molar-refractivity contribution in [2.45, 2.75) is 17.9 Å². The zero-order valence-corrected chi connectivity index (χ0v) is 10.9. The first-order valence-corrected chi connectivity index (χ1v) is 7.10. The summed E-state index contributed by atoms with van der Waals surface area (Å²) in [5.74, 6) is 0. The van der Waals surface area contributed by atoms with E-state index in [0.29, 0.717) is 12.2 Å². The van der Waals surface area contributed by atoms with Gasteiger partial charge in [-0.1, -0.05) is 19.1 Å². The highest BCUT2D eigenvalue weighted by Crippen LogP contribution is 2.21. The summed E-state index contributed by atoms with van der Waals surface area (Å²) in [6.45, 7) is 1.41. The second-order valence-electron chi connectivity index (χ2n) is 3.70. The first kappa shape index (κ1) is 14.9. The number of anilines is 1. The normalized spacial score (nSPS) is 11.8. The van der Waals surface area contributed by atoms with E-state index in [0.717, 1.165) is 0 Å². The monoisotopic (exact) mass is 274 g/mol. The van der Waals surface area contributed by atoms with E-state index in [-0.39, 0.29) is 18.1 Å². The lowest BCUT2D eigenvalue weighted by Crippen LogP contribution is -2.30. The van der Waals surface area contributed by atoms with Crippen molar-refractivity contribution in [1.29, 1.82) is 0 Å². The molecule has 0 atom stereocenters. The van der Waals surface area contributed by atoms with Gasteiger partial charge in [0.15, 0.2) is 0 Å². The maximum absolute atomic E-state index is 11.9. The number of nitrogens with one attached hydrogen (secondary N) is 2. The maximum Gasteiger partial charge on any atom is 0.242 e. The molecule has 1 aromatic rings. The SMILES string of the molecule is CCNS(=O)(=O)c1ccccc1NC(CO)CO. The largest absolute Gasteiger partial charge is 0.394 e. The van der Waals surface area contributed by atoms with E-state index in [2.05, 4.69) is 10.0 Å². The van der Waals surface area contributed by atoms with Crippen LogP contribution in [0.5, 0.6) is 0 Å². The topological polar surface area (TPSA) is 98.7 Å². The first-order chi connectivity index (χ1) is 8.55. The van der Waals surface area contributed by atoms with Crippen molar-refractivity contribution in [2.75, 3.05) is 25.1 Å². The molecule has 0 radical (unpaired) electrons. The summed E-state index contributed by atoms with van der Waals surface area (Å²) in [5, 5.41) is 20.8. The second-order valence-corrected chi connectivity index (χ2v) is 5.44. The van der Waals surface area contributed by atoms with E-state index in [1.807, 2.05) is 0 Å². The number of rotatable bonds is 7. The number of aliphatic hydroxyl groups excluding tert-OH is 2. The molecule has 0 spiro atoms. The third kappa shape index (κ3) is 3.67. The van der Waals surface area contributed by atoms with Crippen LogP contribution < -0.4 is 10.0 Å². The van der Waals surface area contributed by atoms with E-state index >= 15 is 0 Å². The van der Waals surface area contributed by atoms with Crippen molar-refractivity contribution >= 4 is 15.7 Å². The van der Waals surface area contributed by atoms with Gasteiger partial charge in [-0.15, -0.1) is 0 Å². The molecule has 18 heavy (non-hydrogen) atoms. The fourth-order valence-corrected chi connectivity index (χ4v) is 2.67. The van der Waals surface area contributed by atoms with Crippen molar-refractivity contribution in [3.05, 3.63) is 24.3 Å². The van der Waals surface area contributed by atoms with Gasteiger partial charge in [-0.2, -0.15) is 0 Å². The molecule has 1 aromatic carbocycles. The lowest BCUT2D eigenvalue weighted by molar-refractivity contribution is 0.203. The molecule has 7 heteroatoms. The molecule has 0 aliphatic rings. The van der Waals surface area contributed by atoms with E-state index in [4.69, 9.17) is 10.2 Å². The van der Waals surface area contributed by atoms with Crippen LogP contribution in [0.4, 0.5) is 5.69 Å². The van der Waals surface area contributed by atoms with Crippen LogP contribution in [0, 0.1) is 0 Å². The summed E-state index contributed by atoms with van der Waals surface area (Å²) >= 11 is 0. The number of para-hydroxylation sites is 1. The molecule has 6 nitrogen and oxygen atoms in total. The van der Waals surface area contributed by atoms with Crippen LogP contribution in [0.25, 0.3) is 0 Å². The van der Waals surface area contributed by atoms with E-state index < -0.39 is 16.1 Å². The summed E-state index contributed by atoms with van der Waals surface area (Å²) in [6.07, 6.45) is 0. The molecule has 0 aliphatic heterocycles. The van der Waals surface area contributed by atoms with E-state index in [9.17, 15) is 8.42 Å². The van der Waals surface area contributed by atoms with E-state index in [1.165, 1.54) is 6.07 Å². The van der Waals surface area contributed by atoms with Crippen LogP contribution >= 0.6 is 0 Å². The molecule has 0 amide bonds. The smallest absolute Gasteiger partial charge is 0.242 e. The minimum Gasteiger partial charge on any atom is -0.394 e. The van der Waals surface area contributed by atoms with E-state index in [1.54, 1.807) is 25.1 Å².